The Morgan fingerprint density at radius 2 is 1.88 bits per heavy atom. The van der Waals surface area contributed by atoms with Crippen molar-refractivity contribution in [3.8, 4) is 11.1 Å². The molecule has 2 heterocycles. The predicted octanol–water partition coefficient (Wildman–Crippen LogP) is 4.31. The van der Waals surface area contributed by atoms with Crippen molar-refractivity contribution in [1.82, 2.24) is 4.57 Å². The Morgan fingerprint density at radius 3 is 2.46 bits per heavy atom. The van der Waals surface area contributed by atoms with Crippen molar-refractivity contribution in [3.05, 3.63) is 69.4 Å². The first-order valence-electron chi connectivity index (χ1n) is 7.77. The number of amides is 1. The smallest absolute Gasteiger partial charge is 0.251 e. The number of carbonyl (C=O) groups excluding carboxylic acids is 1. The molecule has 24 heavy (non-hydrogen) atoms. The minimum absolute atomic E-state index is 0.300. The van der Waals surface area contributed by atoms with Crippen LogP contribution in [0.2, 0.25) is 0 Å². The van der Waals surface area contributed by atoms with Crippen LogP contribution in [0.3, 0.4) is 0 Å². The summed E-state index contributed by atoms with van der Waals surface area (Å²) in [6, 6.07) is 10.3. The molecule has 2 aromatic heterocycles. The molecular formula is C19H19FN2OS. The second-order valence-corrected chi connectivity index (χ2v) is 6.81. The average molecular weight is 342 g/mol. The predicted molar refractivity (Wildman–Crippen MR) is 95.8 cm³/mol. The topological polar surface area (TPSA) is 48.0 Å². The van der Waals surface area contributed by atoms with Crippen molar-refractivity contribution in [2.75, 3.05) is 0 Å². The normalized spacial score (nSPS) is 11.0. The van der Waals surface area contributed by atoms with Gasteiger partial charge in [-0.25, -0.2) is 4.39 Å². The molecule has 124 valence electrons. The second-order valence-electron chi connectivity index (χ2n) is 5.77. The van der Waals surface area contributed by atoms with Crippen molar-refractivity contribution < 1.29 is 9.18 Å². The maximum atomic E-state index is 13.2. The molecule has 1 amide bonds. The number of hydrogen-bond donors (Lipinski definition) is 1. The number of benzene rings is 1. The second kappa shape index (κ2) is 6.61. The summed E-state index contributed by atoms with van der Waals surface area (Å²) in [5, 5.41) is 2.06. The first kappa shape index (κ1) is 16.5. The van der Waals surface area contributed by atoms with E-state index >= 15 is 0 Å². The van der Waals surface area contributed by atoms with E-state index in [0.29, 0.717) is 5.56 Å². The number of carbonyl (C=O) groups is 1. The number of rotatable bonds is 5. The molecule has 3 nitrogen and oxygen atoms in total. The quantitative estimate of drug-likeness (QED) is 0.738. The van der Waals surface area contributed by atoms with Crippen LogP contribution in [0.4, 0.5) is 4.39 Å². The van der Waals surface area contributed by atoms with E-state index in [-0.39, 0.29) is 5.82 Å². The average Bonchev–Trinajstić information content (AvgIpc) is 3.13. The summed E-state index contributed by atoms with van der Waals surface area (Å²) in [5.41, 5.74) is 9.59. The van der Waals surface area contributed by atoms with Crippen LogP contribution in [-0.2, 0) is 13.0 Å². The lowest BCUT2D eigenvalue weighted by Gasteiger charge is -2.09. The number of primary amides is 1. The van der Waals surface area contributed by atoms with Gasteiger partial charge in [-0.15, -0.1) is 11.3 Å². The van der Waals surface area contributed by atoms with Crippen LogP contribution in [-0.4, -0.2) is 10.5 Å². The first-order chi connectivity index (χ1) is 11.5. The molecule has 0 saturated carbocycles. The molecule has 0 radical (unpaired) electrons. The minimum Gasteiger partial charge on any atom is -0.366 e. The molecule has 3 rings (SSSR count). The largest absolute Gasteiger partial charge is 0.366 e. The van der Waals surface area contributed by atoms with Crippen molar-refractivity contribution in [3.63, 3.8) is 0 Å². The van der Waals surface area contributed by atoms with Crippen molar-refractivity contribution in [2.45, 2.75) is 26.8 Å². The summed E-state index contributed by atoms with van der Waals surface area (Å²) in [6.45, 7) is 4.67. The van der Waals surface area contributed by atoms with Gasteiger partial charge in [0.25, 0.3) is 5.91 Å². The molecule has 5 heteroatoms. The fourth-order valence-electron chi connectivity index (χ4n) is 3.17. The Labute approximate surface area is 144 Å². The SMILES string of the molecule is Cc1c(C(N)=O)c(-c2ccc(F)cc2)c(C)n1CCc1cccs1. The Balaban J connectivity index is 2.06. The molecule has 0 fully saturated rings. The number of aryl methyl sites for hydroxylation is 1. The molecule has 0 atom stereocenters. The Kier molecular flexibility index (Phi) is 4.53. The van der Waals surface area contributed by atoms with Crippen LogP contribution >= 0.6 is 11.3 Å². The van der Waals surface area contributed by atoms with Gasteiger partial charge in [0.1, 0.15) is 5.82 Å². The lowest BCUT2D eigenvalue weighted by molar-refractivity contribution is 0.1000. The van der Waals surface area contributed by atoms with Gasteiger partial charge < -0.3 is 10.3 Å². The van der Waals surface area contributed by atoms with E-state index in [1.54, 1.807) is 23.5 Å². The summed E-state index contributed by atoms with van der Waals surface area (Å²) in [6.07, 6.45) is 0.898. The molecule has 0 saturated heterocycles. The van der Waals surface area contributed by atoms with Gasteiger partial charge in [0.2, 0.25) is 0 Å². The van der Waals surface area contributed by atoms with Crippen LogP contribution < -0.4 is 5.73 Å². The fourth-order valence-corrected chi connectivity index (χ4v) is 3.86. The van der Waals surface area contributed by atoms with E-state index in [4.69, 9.17) is 5.73 Å². The third-order valence-electron chi connectivity index (χ3n) is 4.32. The summed E-state index contributed by atoms with van der Waals surface area (Å²) >= 11 is 1.72. The lowest BCUT2D eigenvalue weighted by atomic mass is 10.00. The Bertz CT molecular complexity index is 864. The number of thiophene rings is 1. The molecule has 0 bridgehead atoms. The van der Waals surface area contributed by atoms with Crippen molar-refractivity contribution >= 4 is 17.2 Å². The van der Waals surface area contributed by atoms with Crippen molar-refractivity contribution in [2.24, 2.45) is 5.73 Å². The van der Waals surface area contributed by atoms with E-state index in [1.165, 1.54) is 17.0 Å². The molecule has 0 aliphatic rings. The third kappa shape index (κ3) is 2.99. The fraction of sp³-hybridized carbons (Fsp3) is 0.211. The highest BCUT2D eigenvalue weighted by Crippen LogP contribution is 2.32. The summed E-state index contributed by atoms with van der Waals surface area (Å²) in [4.78, 5) is 13.3. The maximum Gasteiger partial charge on any atom is 0.251 e. The van der Waals surface area contributed by atoms with Crippen molar-refractivity contribution in [1.29, 1.82) is 0 Å². The molecule has 2 N–H and O–H groups in total. The number of hydrogen-bond acceptors (Lipinski definition) is 2. The Hall–Kier alpha value is -2.40. The van der Waals surface area contributed by atoms with Crippen LogP contribution in [0.1, 0.15) is 26.6 Å². The van der Waals surface area contributed by atoms with E-state index in [9.17, 15) is 9.18 Å². The zero-order valence-corrected chi connectivity index (χ0v) is 14.5. The van der Waals surface area contributed by atoms with Gasteiger partial charge >= 0.3 is 0 Å². The van der Waals surface area contributed by atoms with Gasteiger partial charge in [0, 0.05) is 28.4 Å². The van der Waals surface area contributed by atoms with Gasteiger partial charge in [-0.3, -0.25) is 4.79 Å². The summed E-state index contributed by atoms with van der Waals surface area (Å²) < 4.78 is 15.4. The summed E-state index contributed by atoms with van der Waals surface area (Å²) in [5.74, 6) is -0.754. The zero-order valence-electron chi connectivity index (χ0n) is 13.7. The number of halogens is 1. The van der Waals surface area contributed by atoms with E-state index < -0.39 is 5.91 Å². The maximum absolute atomic E-state index is 13.2. The number of aromatic nitrogens is 1. The monoisotopic (exact) mass is 342 g/mol. The highest BCUT2D eigenvalue weighted by Gasteiger charge is 2.22. The summed E-state index contributed by atoms with van der Waals surface area (Å²) in [7, 11) is 0. The van der Waals surface area contributed by atoms with Crippen LogP contribution in [0, 0.1) is 19.7 Å². The highest BCUT2D eigenvalue weighted by atomic mass is 32.1. The Morgan fingerprint density at radius 1 is 1.17 bits per heavy atom. The molecule has 0 spiro atoms. The molecule has 1 aromatic carbocycles. The van der Waals surface area contributed by atoms with Gasteiger partial charge in [0.15, 0.2) is 0 Å². The highest BCUT2D eigenvalue weighted by molar-refractivity contribution is 7.09. The lowest BCUT2D eigenvalue weighted by Crippen LogP contribution is -2.13. The third-order valence-corrected chi connectivity index (χ3v) is 5.26. The number of nitrogens with two attached hydrogens (primary N) is 1. The standard InChI is InChI=1S/C19H19FN2OS/c1-12-17(14-5-7-15(20)8-6-14)18(19(21)23)13(2)22(12)10-9-16-4-3-11-24-16/h3-8,11H,9-10H2,1-2H3,(H2,21,23). The number of nitrogens with zero attached hydrogens (tertiary/aromatic N) is 1. The van der Waals surface area contributed by atoms with Gasteiger partial charge in [-0.05, 0) is 49.4 Å². The van der Waals surface area contributed by atoms with Gasteiger partial charge in [0.05, 0.1) is 5.56 Å². The molecule has 3 aromatic rings. The van der Waals surface area contributed by atoms with E-state index in [2.05, 4.69) is 16.0 Å². The van der Waals surface area contributed by atoms with E-state index in [1.807, 2.05) is 19.9 Å². The van der Waals surface area contributed by atoms with E-state index in [0.717, 1.165) is 35.5 Å². The van der Waals surface area contributed by atoms with Crippen LogP contribution in [0.5, 0.6) is 0 Å². The molecule has 0 aliphatic heterocycles. The van der Waals surface area contributed by atoms with Gasteiger partial charge in [-0.2, -0.15) is 0 Å². The molecule has 0 unspecified atom stereocenters. The molecule has 0 aliphatic carbocycles. The van der Waals surface area contributed by atoms with Crippen LogP contribution in [0.25, 0.3) is 11.1 Å². The zero-order chi connectivity index (χ0) is 17.3. The molecular weight excluding hydrogens is 323 g/mol. The van der Waals surface area contributed by atoms with Gasteiger partial charge in [-0.1, -0.05) is 18.2 Å². The first-order valence-corrected chi connectivity index (χ1v) is 8.64. The van der Waals surface area contributed by atoms with Crippen LogP contribution in [0.15, 0.2) is 41.8 Å². The minimum atomic E-state index is -0.454.